The van der Waals surface area contributed by atoms with E-state index in [-0.39, 0.29) is 5.91 Å². The summed E-state index contributed by atoms with van der Waals surface area (Å²) in [5.74, 6) is -0.115. The molecule has 0 aliphatic carbocycles. The third-order valence-corrected chi connectivity index (χ3v) is 3.54. The van der Waals surface area contributed by atoms with E-state index < -0.39 is 0 Å². The molecule has 0 unspecified atom stereocenters. The van der Waals surface area contributed by atoms with E-state index in [0.717, 1.165) is 22.8 Å². The van der Waals surface area contributed by atoms with E-state index in [1.54, 1.807) is 18.3 Å². The maximum atomic E-state index is 12.2. The number of hydrogen-bond acceptors (Lipinski definition) is 3. The predicted octanol–water partition coefficient (Wildman–Crippen LogP) is 2.81. The van der Waals surface area contributed by atoms with Crippen LogP contribution in [0.15, 0.2) is 54.7 Å². The van der Waals surface area contributed by atoms with Crippen molar-refractivity contribution in [1.29, 1.82) is 0 Å². The van der Waals surface area contributed by atoms with Gasteiger partial charge >= 0.3 is 0 Å². The molecular formula is C18H18N4O. The standard InChI is InChI=1S/C18H18N4O/c1-13-11-14(2)22(21-13)17-8-6-15(7-9-17)18(23)20-12-16-5-3-4-10-19-16/h3-11H,12H2,1-2H3,(H,20,23). The Labute approximate surface area is 135 Å². The van der Waals surface area contributed by atoms with Crippen LogP contribution in [-0.4, -0.2) is 20.7 Å². The molecule has 0 atom stereocenters. The highest BCUT2D eigenvalue weighted by Crippen LogP contribution is 2.13. The van der Waals surface area contributed by atoms with Crippen molar-refractivity contribution in [2.24, 2.45) is 0 Å². The second kappa shape index (κ2) is 6.44. The molecule has 5 heteroatoms. The van der Waals surface area contributed by atoms with Crippen molar-refractivity contribution in [3.63, 3.8) is 0 Å². The maximum absolute atomic E-state index is 12.2. The first-order chi connectivity index (χ1) is 11.1. The van der Waals surface area contributed by atoms with Crippen LogP contribution in [0, 0.1) is 13.8 Å². The minimum absolute atomic E-state index is 0.115. The van der Waals surface area contributed by atoms with Gasteiger partial charge in [0.15, 0.2) is 0 Å². The van der Waals surface area contributed by atoms with Crippen molar-refractivity contribution in [2.75, 3.05) is 0 Å². The predicted molar refractivity (Wildman–Crippen MR) is 88.4 cm³/mol. The summed E-state index contributed by atoms with van der Waals surface area (Å²) in [5, 5.41) is 7.30. The third kappa shape index (κ3) is 3.45. The van der Waals surface area contributed by atoms with Crippen LogP contribution in [-0.2, 0) is 6.54 Å². The molecule has 2 aromatic heterocycles. The SMILES string of the molecule is Cc1cc(C)n(-c2ccc(C(=O)NCc3ccccn3)cc2)n1. The van der Waals surface area contributed by atoms with Gasteiger partial charge in [-0.1, -0.05) is 6.07 Å². The molecule has 3 aromatic rings. The van der Waals surface area contributed by atoms with Gasteiger partial charge in [-0.2, -0.15) is 5.10 Å². The first-order valence-electron chi connectivity index (χ1n) is 7.45. The largest absolute Gasteiger partial charge is 0.346 e. The van der Waals surface area contributed by atoms with Gasteiger partial charge in [0.1, 0.15) is 0 Å². The second-order valence-electron chi connectivity index (χ2n) is 5.39. The number of nitrogens with zero attached hydrogens (tertiary/aromatic N) is 3. The molecule has 0 aliphatic heterocycles. The van der Waals surface area contributed by atoms with E-state index in [4.69, 9.17) is 0 Å². The van der Waals surface area contributed by atoms with Gasteiger partial charge in [-0.25, -0.2) is 4.68 Å². The number of aryl methyl sites for hydroxylation is 2. The Morgan fingerprint density at radius 2 is 1.91 bits per heavy atom. The van der Waals surface area contributed by atoms with Crippen LogP contribution in [0.2, 0.25) is 0 Å². The zero-order valence-electron chi connectivity index (χ0n) is 13.2. The first kappa shape index (κ1) is 15.0. The number of carbonyl (C=O) groups is 1. The Morgan fingerprint density at radius 3 is 2.52 bits per heavy atom. The van der Waals surface area contributed by atoms with Crippen LogP contribution < -0.4 is 5.32 Å². The van der Waals surface area contributed by atoms with Gasteiger partial charge in [-0.3, -0.25) is 9.78 Å². The molecule has 23 heavy (non-hydrogen) atoms. The lowest BCUT2D eigenvalue weighted by Gasteiger charge is -2.07. The number of benzene rings is 1. The van der Waals surface area contributed by atoms with E-state index in [9.17, 15) is 4.79 Å². The summed E-state index contributed by atoms with van der Waals surface area (Å²) in [7, 11) is 0. The van der Waals surface area contributed by atoms with Gasteiger partial charge in [0.05, 0.1) is 23.6 Å². The molecule has 0 bridgehead atoms. The molecule has 5 nitrogen and oxygen atoms in total. The molecule has 0 aliphatic rings. The minimum atomic E-state index is -0.115. The Bertz CT molecular complexity index is 807. The Morgan fingerprint density at radius 1 is 1.13 bits per heavy atom. The van der Waals surface area contributed by atoms with Crippen molar-refractivity contribution in [1.82, 2.24) is 20.1 Å². The smallest absolute Gasteiger partial charge is 0.251 e. The highest BCUT2D eigenvalue weighted by atomic mass is 16.1. The van der Waals surface area contributed by atoms with E-state index in [0.29, 0.717) is 12.1 Å². The van der Waals surface area contributed by atoms with Crippen molar-refractivity contribution in [3.8, 4) is 5.69 Å². The highest BCUT2D eigenvalue weighted by Gasteiger charge is 2.08. The lowest BCUT2D eigenvalue weighted by Crippen LogP contribution is -2.23. The first-order valence-corrected chi connectivity index (χ1v) is 7.45. The number of aromatic nitrogens is 3. The fraction of sp³-hybridized carbons (Fsp3) is 0.167. The van der Waals surface area contributed by atoms with Gasteiger partial charge in [0, 0.05) is 17.5 Å². The number of rotatable bonds is 4. The normalized spacial score (nSPS) is 10.5. The minimum Gasteiger partial charge on any atom is -0.346 e. The van der Waals surface area contributed by atoms with E-state index in [1.807, 2.05) is 54.9 Å². The molecule has 0 radical (unpaired) electrons. The molecular weight excluding hydrogens is 288 g/mol. The summed E-state index contributed by atoms with van der Waals surface area (Å²) in [5.41, 5.74) is 4.43. The van der Waals surface area contributed by atoms with Crippen molar-refractivity contribution in [3.05, 3.63) is 77.4 Å². The van der Waals surface area contributed by atoms with E-state index in [1.165, 1.54) is 0 Å². The van der Waals surface area contributed by atoms with E-state index in [2.05, 4.69) is 15.4 Å². The summed E-state index contributed by atoms with van der Waals surface area (Å²) in [6.07, 6.45) is 1.71. The molecule has 2 heterocycles. The molecule has 1 N–H and O–H groups in total. The molecule has 0 fully saturated rings. The average Bonchev–Trinajstić information content (AvgIpc) is 2.92. The monoisotopic (exact) mass is 306 g/mol. The number of carbonyl (C=O) groups excluding carboxylic acids is 1. The average molecular weight is 306 g/mol. The van der Waals surface area contributed by atoms with Crippen LogP contribution in [0.3, 0.4) is 0 Å². The van der Waals surface area contributed by atoms with Gasteiger partial charge in [-0.05, 0) is 56.3 Å². The molecule has 116 valence electrons. The quantitative estimate of drug-likeness (QED) is 0.806. The van der Waals surface area contributed by atoms with Gasteiger partial charge in [-0.15, -0.1) is 0 Å². The summed E-state index contributed by atoms with van der Waals surface area (Å²) < 4.78 is 1.87. The number of hydrogen-bond donors (Lipinski definition) is 1. The summed E-state index contributed by atoms with van der Waals surface area (Å²) in [6, 6.07) is 15.1. The Hall–Kier alpha value is -2.95. The Balaban J connectivity index is 1.69. The molecule has 0 saturated heterocycles. The molecule has 1 aromatic carbocycles. The van der Waals surface area contributed by atoms with Crippen LogP contribution in [0.1, 0.15) is 27.4 Å². The summed E-state index contributed by atoms with van der Waals surface area (Å²) in [6.45, 7) is 4.38. The number of nitrogens with one attached hydrogen (secondary N) is 1. The van der Waals surface area contributed by atoms with Crippen LogP contribution >= 0.6 is 0 Å². The molecule has 1 amide bonds. The summed E-state index contributed by atoms with van der Waals surface area (Å²) >= 11 is 0. The zero-order valence-corrected chi connectivity index (χ0v) is 13.2. The Kier molecular flexibility index (Phi) is 4.19. The zero-order chi connectivity index (χ0) is 16.2. The topological polar surface area (TPSA) is 59.8 Å². The van der Waals surface area contributed by atoms with Crippen molar-refractivity contribution >= 4 is 5.91 Å². The van der Waals surface area contributed by atoms with Crippen LogP contribution in [0.25, 0.3) is 5.69 Å². The van der Waals surface area contributed by atoms with Gasteiger partial charge in [0.2, 0.25) is 0 Å². The number of pyridine rings is 1. The van der Waals surface area contributed by atoms with Gasteiger partial charge in [0.25, 0.3) is 5.91 Å². The van der Waals surface area contributed by atoms with Crippen LogP contribution in [0.4, 0.5) is 0 Å². The third-order valence-electron chi connectivity index (χ3n) is 3.54. The lowest BCUT2D eigenvalue weighted by molar-refractivity contribution is 0.0950. The lowest BCUT2D eigenvalue weighted by atomic mass is 10.2. The maximum Gasteiger partial charge on any atom is 0.251 e. The summed E-state index contributed by atoms with van der Waals surface area (Å²) in [4.78, 5) is 16.4. The molecule has 0 spiro atoms. The van der Waals surface area contributed by atoms with Gasteiger partial charge < -0.3 is 5.32 Å². The highest BCUT2D eigenvalue weighted by molar-refractivity contribution is 5.94. The second-order valence-corrected chi connectivity index (χ2v) is 5.39. The fourth-order valence-electron chi connectivity index (χ4n) is 2.42. The molecule has 0 saturated carbocycles. The van der Waals surface area contributed by atoms with Crippen LogP contribution in [0.5, 0.6) is 0 Å². The van der Waals surface area contributed by atoms with Crippen molar-refractivity contribution in [2.45, 2.75) is 20.4 Å². The molecule has 3 rings (SSSR count). The van der Waals surface area contributed by atoms with Crippen molar-refractivity contribution < 1.29 is 4.79 Å². The fourth-order valence-corrected chi connectivity index (χ4v) is 2.42. The number of amides is 1. The van der Waals surface area contributed by atoms with E-state index >= 15 is 0 Å².